The standard InChI is InChI=1S/C32H37N5O5S2/c1-20(2)42-31(39)36-24-14-12-23(13-15-24)29-33-19-27(43-29)26-17-16-25(18-28(26)44(40,41)37-32(4,5)6)35-30(38)34-21(3)22-10-8-7-9-11-22/h7-21,37H,1-6H3,(H,36,39)(H2,34,35,38). The third-order valence-electron chi connectivity index (χ3n) is 6.11. The van der Waals surface area contributed by atoms with E-state index in [0.717, 1.165) is 11.1 Å². The zero-order chi connectivity index (χ0) is 32.1. The van der Waals surface area contributed by atoms with Crippen LogP contribution in [0.1, 0.15) is 53.1 Å². The first-order valence-electron chi connectivity index (χ1n) is 14.0. The van der Waals surface area contributed by atoms with Crippen molar-refractivity contribution in [2.24, 2.45) is 0 Å². The number of ether oxygens (including phenoxy) is 1. The summed E-state index contributed by atoms with van der Waals surface area (Å²) in [7, 11) is -4.00. The fraction of sp³-hybridized carbons (Fsp3) is 0.281. The molecule has 4 aromatic rings. The fourth-order valence-electron chi connectivity index (χ4n) is 4.26. The Bertz CT molecular complexity index is 1710. The van der Waals surface area contributed by atoms with E-state index in [4.69, 9.17) is 4.74 Å². The number of sulfonamides is 1. The zero-order valence-corrected chi connectivity index (χ0v) is 27.1. The molecule has 0 radical (unpaired) electrons. The highest BCUT2D eigenvalue weighted by atomic mass is 32.2. The second-order valence-corrected chi connectivity index (χ2v) is 14.2. The van der Waals surface area contributed by atoms with Gasteiger partial charge in [-0.05, 0) is 83.5 Å². The van der Waals surface area contributed by atoms with Crippen molar-refractivity contribution in [3.8, 4) is 21.0 Å². The van der Waals surface area contributed by atoms with Gasteiger partial charge in [0.1, 0.15) is 5.01 Å². The van der Waals surface area contributed by atoms with Crippen molar-refractivity contribution in [3.05, 3.63) is 84.6 Å². The van der Waals surface area contributed by atoms with E-state index in [2.05, 4.69) is 25.7 Å². The summed E-state index contributed by atoms with van der Waals surface area (Å²) in [5.41, 5.74) is 2.34. The van der Waals surface area contributed by atoms with Crippen LogP contribution < -0.4 is 20.7 Å². The summed E-state index contributed by atoms with van der Waals surface area (Å²) >= 11 is 1.33. The molecule has 0 aliphatic rings. The highest BCUT2D eigenvalue weighted by molar-refractivity contribution is 7.89. The predicted octanol–water partition coefficient (Wildman–Crippen LogP) is 7.39. The van der Waals surface area contributed by atoms with Crippen molar-refractivity contribution >= 4 is 44.9 Å². The zero-order valence-electron chi connectivity index (χ0n) is 25.5. The molecule has 1 atom stereocenters. The first-order chi connectivity index (χ1) is 20.7. The Kier molecular flexibility index (Phi) is 10.1. The molecule has 0 aliphatic carbocycles. The molecule has 0 saturated carbocycles. The third kappa shape index (κ3) is 8.88. The van der Waals surface area contributed by atoms with Crippen LogP contribution in [0.2, 0.25) is 0 Å². The number of hydrogen-bond donors (Lipinski definition) is 4. The summed E-state index contributed by atoms with van der Waals surface area (Å²) in [5, 5.41) is 8.98. The normalized spacial score (nSPS) is 12.4. The summed E-state index contributed by atoms with van der Waals surface area (Å²) in [4.78, 5) is 29.9. The van der Waals surface area contributed by atoms with Gasteiger partial charge < -0.3 is 15.4 Å². The molecular weight excluding hydrogens is 599 g/mol. The van der Waals surface area contributed by atoms with Gasteiger partial charge in [-0.3, -0.25) is 5.32 Å². The highest BCUT2D eigenvalue weighted by Crippen LogP contribution is 2.37. The minimum Gasteiger partial charge on any atom is -0.447 e. The summed E-state index contributed by atoms with van der Waals surface area (Å²) in [6.07, 6.45) is 0.850. The minimum atomic E-state index is -4.00. The van der Waals surface area contributed by atoms with Gasteiger partial charge >= 0.3 is 12.1 Å². The van der Waals surface area contributed by atoms with Crippen molar-refractivity contribution < 1.29 is 22.7 Å². The largest absolute Gasteiger partial charge is 0.447 e. The van der Waals surface area contributed by atoms with Crippen LogP contribution in [0.25, 0.3) is 21.0 Å². The number of urea groups is 1. The van der Waals surface area contributed by atoms with Gasteiger partial charge in [0, 0.05) is 34.2 Å². The number of benzene rings is 3. The molecule has 44 heavy (non-hydrogen) atoms. The van der Waals surface area contributed by atoms with Crippen molar-refractivity contribution in [3.63, 3.8) is 0 Å². The lowest BCUT2D eigenvalue weighted by Crippen LogP contribution is -2.40. The van der Waals surface area contributed by atoms with Crippen molar-refractivity contribution in [1.29, 1.82) is 0 Å². The molecule has 1 heterocycles. The molecular formula is C32H37N5O5S2. The van der Waals surface area contributed by atoms with Crippen LogP contribution in [-0.2, 0) is 14.8 Å². The van der Waals surface area contributed by atoms with Crippen LogP contribution in [0.15, 0.2) is 83.9 Å². The van der Waals surface area contributed by atoms with Gasteiger partial charge in [-0.25, -0.2) is 27.7 Å². The highest BCUT2D eigenvalue weighted by Gasteiger charge is 2.27. The van der Waals surface area contributed by atoms with Gasteiger partial charge in [-0.2, -0.15) is 0 Å². The molecule has 4 N–H and O–H groups in total. The third-order valence-corrected chi connectivity index (χ3v) is 8.99. The molecule has 1 aromatic heterocycles. The van der Waals surface area contributed by atoms with Crippen LogP contribution in [0, 0.1) is 0 Å². The average Bonchev–Trinajstić information content (AvgIpc) is 3.42. The van der Waals surface area contributed by atoms with Crippen LogP contribution >= 0.6 is 11.3 Å². The van der Waals surface area contributed by atoms with Crippen molar-refractivity contribution in [2.45, 2.75) is 64.1 Å². The number of thiazole rings is 1. The molecule has 0 fully saturated rings. The first-order valence-corrected chi connectivity index (χ1v) is 16.3. The average molecular weight is 636 g/mol. The van der Waals surface area contributed by atoms with Crippen LogP contribution in [-0.4, -0.2) is 37.2 Å². The number of carbonyl (C=O) groups excluding carboxylic acids is 2. The second-order valence-electron chi connectivity index (χ2n) is 11.5. The lowest BCUT2D eigenvalue weighted by atomic mass is 10.1. The van der Waals surface area contributed by atoms with Gasteiger partial charge in [-0.15, -0.1) is 11.3 Å². The molecule has 0 aliphatic heterocycles. The molecule has 10 nitrogen and oxygen atoms in total. The smallest absolute Gasteiger partial charge is 0.411 e. The molecule has 12 heteroatoms. The van der Waals surface area contributed by atoms with Gasteiger partial charge in [0.2, 0.25) is 10.0 Å². The monoisotopic (exact) mass is 635 g/mol. The number of nitrogens with one attached hydrogen (secondary N) is 4. The number of nitrogens with zero attached hydrogens (tertiary/aromatic N) is 1. The number of rotatable bonds is 9. The molecule has 3 aromatic carbocycles. The number of amides is 3. The molecule has 3 amide bonds. The molecule has 4 rings (SSSR count). The summed E-state index contributed by atoms with van der Waals surface area (Å²) in [5.74, 6) is 0. The maximum atomic E-state index is 13.6. The Morgan fingerprint density at radius 3 is 2.18 bits per heavy atom. The summed E-state index contributed by atoms with van der Waals surface area (Å²) < 4.78 is 35.0. The SMILES string of the molecule is CC(C)OC(=O)Nc1ccc(-c2ncc(-c3ccc(NC(=O)NC(C)c4ccccc4)cc3S(=O)(=O)NC(C)(C)C)s2)cc1. The summed E-state index contributed by atoms with van der Waals surface area (Å²) in [6.45, 7) is 10.7. The van der Waals surface area contributed by atoms with Crippen molar-refractivity contribution in [1.82, 2.24) is 15.0 Å². The van der Waals surface area contributed by atoms with E-state index >= 15 is 0 Å². The number of hydrogen-bond acceptors (Lipinski definition) is 7. The molecule has 0 bridgehead atoms. The Balaban J connectivity index is 1.60. The maximum Gasteiger partial charge on any atom is 0.411 e. The minimum absolute atomic E-state index is 0.0137. The van der Waals surface area contributed by atoms with E-state index in [1.54, 1.807) is 65.1 Å². The molecule has 1 unspecified atom stereocenters. The van der Waals surface area contributed by atoms with Crippen LogP contribution in [0.3, 0.4) is 0 Å². The van der Waals surface area contributed by atoms with E-state index in [-0.39, 0.29) is 17.0 Å². The Hall–Kier alpha value is -4.26. The molecule has 0 saturated heterocycles. The van der Waals surface area contributed by atoms with Crippen LogP contribution in [0.5, 0.6) is 0 Å². The quantitative estimate of drug-likeness (QED) is 0.151. The van der Waals surface area contributed by atoms with E-state index in [0.29, 0.717) is 26.8 Å². The maximum absolute atomic E-state index is 13.6. The number of aromatic nitrogens is 1. The van der Waals surface area contributed by atoms with Gasteiger partial charge in [-0.1, -0.05) is 36.4 Å². The molecule has 232 valence electrons. The van der Waals surface area contributed by atoms with Gasteiger partial charge in [0.15, 0.2) is 0 Å². The number of anilines is 2. The topological polar surface area (TPSA) is 139 Å². The fourth-order valence-corrected chi connectivity index (χ4v) is 6.95. The Labute approximate surface area is 262 Å². The van der Waals surface area contributed by atoms with E-state index in [1.807, 2.05) is 49.4 Å². The van der Waals surface area contributed by atoms with E-state index < -0.39 is 27.7 Å². The number of carbonyl (C=O) groups is 2. The predicted molar refractivity (Wildman–Crippen MR) is 175 cm³/mol. The lowest BCUT2D eigenvalue weighted by molar-refractivity contribution is 0.130. The van der Waals surface area contributed by atoms with Crippen molar-refractivity contribution in [2.75, 3.05) is 10.6 Å². The Morgan fingerprint density at radius 2 is 1.55 bits per heavy atom. The summed E-state index contributed by atoms with van der Waals surface area (Å²) in [6, 6.07) is 20.7. The lowest BCUT2D eigenvalue weighted by Gasteiger charge is -2.22. The second kappa shape index (κ2) is 13.6. The Morgan fingerprint density at radius 1 is 0.886 bits per heavy atom. The van der Waals surface area contributed by atoms with Gasteiger partial charge in [0.25, 0.3) is 0 Å². The molecule has 0 spiro atoms. The van der Waals surface area contributed by atoms with Gasteiger partial charge in [0.05, 0.1) is 21.9 Å². The first kappa shape index (κ1) is 32.6. The van der Waals surface area contributed by atoms with Crippen LogP contribution in [0.4, 0.5) is 21.0 Å². The van der Waals surface area contributed by atoms with E-state index in [1.165, 1.54) is 17.4 Å². The van der Waals surface area contributed by atoms with E-state index in [9.17, 15) is 18.0 Å².